The van der Waals surface area contributed by atoms with Crippen molar-refractivity contribution in [3.63, 3.8) is 0 Å². The molecule has 3 heteroatoms. The lowest BCUT2D eigenvalue weighted by molar-refractivity contribution is 1.27. The lowest BCUT2D eigenvalue weighted by Gasteiger charge is -2.08. The van der Waals surface area contributed by atoms with Gasteiger partial charge in [0.25, 0.3) is 0 Å². The number of H-pyrrole nitrogens is 1. The summed E-state index contributed by atoms with van der Waals surface area (Å²) < 4.78 is 0. The zero-order valence-corrected chi connectivity index (χ0v) is 14.5. The van der Waals surface area contributed by atoms with Crippen LogP contribution in [0.4, 0.5) is 0 Å². The minimum Gasteiger partial charge on any atom is -0.337 e. The van der Waals surface area contributed by atoms with E-state index in [2.05, 4.69) is 46.4 Å². The Kier molecular flexibility index (Phi) is 3.48. The number of aromatic nitrogens is 2. The second-order valence-electron chi connectivity index (χ2n) is 6.50. The molecule has 0 saturated carbocycles. The third kappa shape index (κ3) is 2.56. The van der Waals surface area contributed by atoms with Gasteiger partial charge in [0.2, 0.25) is 0 Å². The molecule has 27 heavy (non-hydrogen) atoms. The van der Waals surface area contributed by atoms with Gasteiger partial charge >= 0.3 is 0 Å². The van der Waals surface area contributed by atoms with Crippen LogP contribution in [0.2, 0.25) is 0 Å². The van der Waals surface area contributed by atoms with E-state index in [1.54, 1.807) is 0 Å². The zero-order valence-electron chi connectivity index (χ0n) is 14.5. The van der Waals surface area contributed by atoms with Crippen LogP contribution in [0.5, 0.6) is 0 Å². The summed E-state index contributed by atoms with van der Waals surface area (Å²) in [6.07, 6.45) is 1.95. The lowest BCUT2D eigenvalue weighted by atomic mass is 9.95. The van der Waals surface area contributed by atoms with E-state index in [1.165, 1.54) is 0 Å². The molecular formula is C24H15N3. The Morgan fingerprint density at radius 3 is 2.15 bits per heavy atom. The summed E-state index contributed by atoms with van der Waals surface area (Å²) >= 11 is 0. The van der Waals surface area contributed by atoms with E-state index >= 15 is 0 Å². The maximum Gasteiger partial charge on any atom is 0.149 e. The number of allylic oxidation sites excluding steroid dienone is 1. The molecule has 3 nitrogen and oxygen atoms in total. The van der Waals surface area contributed by atoms with Crippen molar-refractivity contribution in [3.05, 3.63) is 90.3 Å². The molecule has 0 aliphatic rings. The smallest absolute Gasteiger partial charge is 0.149 e. The highest BCUT2D eigenvalue weighted by Gasteiger charge is 2.11. The van der Waals surface area contributed by atoms with Crippen LogP contribution in [0.15, 0.2) is 78.9 Å². The first-order valence-corrected chi connectivity index (χ1v) is 8.81. The molecule has 1 aromatic heterocycles. The van der Waals surface area contributed by atoms with Crippen molar-refractivity contribution in [1.82, 2.24) is 9.97 Å². The Morgan fingerprint density at radius 1 is 0.852 bits per heavy atom. The fourth-order valence-corrected chi connectivity index (χ4v) is 3.58. The largest absolute Gasteiger partial charge is 0.337 e. The van der Waals surface area contributed by atoms with E-state index in [-0.39, 0.29) is 0 Å². The number of rotatable bonds is 2. The van der Waals surface area contributed by atoms with Crippen LogP contribution in [0.25, 0.3) is 44.2 Å². The van der Waals surface area contributed by atoms with Crippen molar-refractivity contribution in [3.8, 4) is 6.07 Å². The normalized spacial score (nSPS) is 11.9. The van der Waals surface area contributed by atoms with E-state index in [1.807, 2.05) is 54.6 Å². The van der Waals surface area contributed by atoms with Gasteiger partial charge in [0, 0.05) is 0 Å². The fourth-order valence-electron chi connectivity index (χ4n) is 3.58. The second-order valence-corrected chi connectivity index (χ2v) is 6.50. The third-order valence-electron chi connectivity index (χ3n) is 4.87. The van der Waals surface area contributed by atoms with Crippen molar-refractivity contribution in [1.29, 1.82) is 5.26 Å². The molecule has 126 valence electrons. The topological polar surface area (TPSA) is 52.5 Å². The predicted octanol–water partition coefficient (Wildman–Crippen LogP) is 5.93. The quantitative estimate of drug-likeness (QED) is 0.318. The first-order chi connectivity index (χ1) is 13.3. The molecule has 0 amide bonds. The zero-order chi connectivity index (χ0) is 18.2. The highest BCUT2D eigenvalue weighted by molar-refractivity contribution is 6.10. The third-order valence-corrected chi connectivity index (χ3v) is 4.87. The van der Waals surface area contributed by atoms with Gasteiger partial charge < -0.3 is 4.98 Å². The van der Waals surface area contributed by atoms with Crippen molar-refractivity contribution >= 4 is 44.2 Å². The molecule has 0 atom stereocenters. The average Bonchev–Trinajstić information content (AvgIpc) is 3.15. The summed E-state index contributed by atoms with van der Waals surface area (Å²) in [6, 6.07) is 28.9. The Morgan fingerprint density at radius 2 is 1.48 bits per heavy atom. The van der Waals surface area contributed by atoms with Gasteiger partial charge in [-0.2, -0.15) is 5.26 Å². The van der Waals surface area contributed by atoms with E-state index in [4.69, 9.17) is 0 Å². The summed E-state index contributed by atoms with van der Waals surface area (Å²) in [5.74, 6) is 0.593. The molecule has 0 aliphatic carbocycles. The number of para-hydroxylation sites is 2. The van der Waals surface area contributed by atoms with Gasteiger partial charge in [0.15, 0.2) is 0 Å². The predicted molar refractivity (Wildman–Crippen MR) is 111 cm³/mol. The van der Waals surface area contributed by atoms with Crippen molar-refractivity contribution in [2.24, 2.45) is 0 Å². The number of fused-ring (bicyclic) bond motifs is 3. The van der Waals surface area contributed by atoms with Crippen LogP contribution >= 0.6 is 0 Å². The monoisotopic (exact) mass is 345 g/mol. The number of hydrogen-bond donors (Lipinski definition) is 1. The number of nitriles is 1. The fraction of sp³-hybridized carbons (Fsp3) is 0. The molecule has 5 rings (SSSR count). The SMILES string of the molecule is N#C/C(=C/c1c2ccccc2cc2ccccc12)c1nc2ccccc2[nH]1. The summed E-state index contributed by atoms with van der Waals surface area (Å²) in [4.78, 5) is 7.85. The maximum absolute atomic E-state index is 9.83. The number of benzene rings is 4. The Balaban J connectivity index is 1.81. The van der Waals surface area contributed by atoms with Gasteiger partial charge in [-0.3, -0.25) is 0 Å². The number of aromatic amines is 1. The van der Waals surface area contributed by atoms with Crippen LogP contribution < -0.4 is 0 Å². The van der Waals surface area contributed by atoms with Crippen molar-refractivity contribution < 1.29 is 0 Å². The molecule has 0 bridgehead atoms. The minimum atomic E-state index is 0.521. The Hall–Kier alpha value is -3.90. The molecule has 1 N–H and O–H groups in total. The molecule has 5 aromatic rings. The standard InChI is InChI=1S/C24H15N3/c25-15-18(24-26-22-11-5-6-12-23(22)27-24)14-21-19-9-3-1-7-16(19)13-17-8-2-4-10-20(17)21/h1-14H,(H,26,27)/b18-14-. The van der Waals surface area contributed by atoms with Crippen LogP contribution in [0.3, 0.4) is 0 Å². The van der Waals surface area contributed by atoms with E-state index < -0.39 is 0 Å². The van der Waals surface area contributed by atoms with Gasteiger partial charge in [-0.1, -0.05) is 60.7 Å². The molecule has 0 aliphatic heterocycles. The summed E-state index contributed by atoms with van der Waals surface area (Å²) in [6.45, 7) is 0. The molecule has 0 spiro atoms. The number of imidazole rings is 1. The molecule has 4 aromatic carbocycles. The maximum atomic E-state index is 9.83. The second kappa shape index (κ2) is 6.12. The highest BCUT2D eigenvalue weighted by atomic mass is 14.9. The Labute approximate surface area is 156 Å². The van der Waals surface area contributed by atoms with E-state index in [9.17, 15) is 5.26 Å². The van der Waals surface area contributed by atoms with Crippen LogP contribution in [0.1, 0.15) is 11.4 Å². The summed E-state index contributed by atoms with van der Waals surface area (Å²) in [5, 5.41) is 14.4. The van der Waals surface area contributed by atoms with Gasteiger partial charge in [-0.15, -0.1) is 0 Å². The first kappa shape index (κ1) is 15.4. The molecule has 0 saturated heterocycles. The highest BCUT2D eigenvalue weighted by Crippen LogP contribution is 2.31. The average molecular weight is 345 g/mol. The molecule has 0 unspecified atom stereocenters. The van der Waals surface area contributed by atoms with Crippen LogP contribution in [0, 0.1) is 11.3 Å². The number of nitrogens with zero attached hydrogens (tertiary/aromatic N) is 2. The van der Waals surface area contributed by atoms with Gasteiger partial charge in [-0.25, -0.2) is 4.98 Å². The molecular weight excluding hydrogens is 330 g/mol. The van der Waals surface area contributed by atoms with Gasteiger partial charge in [-0.05, 0) is 51.4 Å². The Bertz CT molecular complexity index is 1300. The summed E-state index contributed by atoms with van der Waals surface area (Å²) in [7, 11) is 0. The minimum absolute atomic E-state index is 0.521. The van der Waals surface area contributed by atoms with Crippen LogP contribution in [-0.4, -0.2) is 9.97 Å². The molecule has 0 fully saturated rings. The van der Waals surface area contributed by atoms with Gasteiger partial charge in [0.05, 0.1) is 16.6 Å². The summed E-state index contributed by atoms with van der Waals surface area (Å²) in [5.41, 5.74) is 3.35. The van der Waals surface area contributed by atoms with Gasteiger partial charge in [0.1, 0.15) is 11.9 Å². The van der Waals surface area contributed by atoms with Crippen molar-refractivity contribution in [2.75, 3.05) is 0 Å². The van der Waals surface area contributed by atoms with E-state index in [0.717, 1.165) is 38.1 Å². The first-order valence-electron chi connectivity index (χ1n) is 8.81. The van der Waals surface area contributed by atoms with Crippen molar-refractivity contribution in [2.45, 2.75) is 0 Å². The number of hydrogen-bond acceptors (Lipinski definition) is 2. The lowest BCUT2D eigenvalue weighted by Crippen LogP contribution is -1.88. The van der Waals surface area contributed by atoms with E-state index in [0.29, 0.717) is 11.4 Å². The number of nitrogens with one attached hydrogen (secondary N) is 1. The molecule has 1 heterocycles. The molecule has 0 radical (unpaired) electrons. The van der Waals surface area contributed by atoms with Crippen LogP contribution in [-0.2, 0) is 0 Å².